The highest BCUT2D eigenvalue weighted by Gasteiger charge is 2.12. The van der Waals surface area contributed by atoms with Gasteiger partial charge in [-0.15, -0.1) is 11.3 Å². The summed E-state index contributed by atoms with van der Waals surface area (Å²) >= 11 is 1.48. The zero-order chi connectivity index (χ0) is 17.0. The molecule has 0 aliphatic rings. The summed E-state index contributed by atoms with van der Waals surface area (Å²) in [5, 5.41) is 2.92. The molecule has 2 rings (SSSR count). The molecule has 0 spiro atoms. The summed E-state index contributed by atoms with van der Waals surface area (Å²) < 4.78 is 0. The van der Waals surface area contributed by atoms with Gasteiger partial charge < -0.3 is 5.32 Å². The van der Waals surface area contributed by atoms with E-state index in [2.05, 4.69) is 38.2 Å². The normalized spacial score (nSPS) is 10.6. The molecule has 0 aliphatic carbocycles. The molecule has 1 aromatic carbocycles. The molecule has 1 amide bonds. The van der Waals surface area contributed by atoms with Crippen molar-refractivity contribution in [2.24, 2.45) is 0 Å². The third-order valence-electron chi connectivity index (χ3n) is 3.90. The van der Waals surface area contributed by atoms with Crippen molar-refractivity contribution in [1.29, 1.82) is 0 Å². The summed E-state index contributed by atoms with van der Waals surface area (Å²) in [6.07, 6.45) is 0.497. The highest BCUT2D eigenvalue weighted by Crippen LogP contribution is 2.18. The summed E-state index contributed by atoms with van der Waals surface area (Å²) in [6, 6.07) is 8.01. The summed E-state index contributed by atoms with van der Waals surface area (Å²) in [4.78, 5) is 25.9. The van der Waals surface area contributed by atoms with Gasteiger partial charge in [0.2, 0.25) is 5.91 Å². The Bertz CT molecular complexity index is 708. The number of amides is 1. The zero-order valence-corrected chi connectivity index (χ0v) is 15.0. The number of thiophene rings is 1. The van der Waals surface area contributed by atoms with Gasteiger partial charge in [-0.25, -0.2) is 0 Å². The van der Waals surface area contributed by atoms with Crippen LogP contribution in [0.2, 0.25) is 0 Å². The number of Topliss-reactive ketones (excluding diaryl/α,β-unsaturated/α-hetero) is 1. The van der Waals surface area contributed by atoms with Crippen LogP contribution >= 0.6 is 11.3 Å². The minimum Gasteiger partial charge on any atom is -0.352 e. The average molecular weight is 329 g/mol. The first-order valence-electron chi connectivity index (χ1n) is 7.80. The van der Waals surface area contributed by atoms with Crippen LogP contribution in [0.3, 0.4) is 0 Å². The Morgan fingerprint density at radius 2 is 1.65 bits per heavy atom. The number of aryl methyl sites for hydroxylation is 4. The second-order valence-electron chi connectivity index (χ2n) is 5.99. The zero-order valence-electron chi connectivity index (χ0n) is 14.2. The van der Waals surface area contributed by atoms with Crippen LogP contribution in [0.25, 0.3) is 0 Å². The van der Waals surface area contributed by atoms with Crippen molar-refractivity contribution in [2.75, 3.05) is 0 Å². The molecule has 2 aromatic rings. The molecule has 0 atom stereocenters. The highest BCUT2D eigenvalue weighted by atomic mass is 32.1. The van der Waals surface area contributed by atoms with Crippen LogP contribution in [-0.2, 0) is 11.3 Å². The molecular formula is C19H23NO2S. The van der Waals surface area contributed by atoms with Gasteiger partial charge in [-0.05, 0) is 56.5 Å². The molecule has 0 radical (unpaired) electrons. The fourth-order valence-corrected chi connectivity index (χ4v) is 3.53. The van der Waals surface area contributed by atoms with E-state index in [1.54, 1.807) is 0 Å². The van der Waals surface area contributed by atoms with Crippen LogP contribution in [-0.4, -0.2) is 11.7 Å². The largest absolute Gasteiger partial charge is 0.352 e. The number of carbonyl (C=O) groups excluding carboxylic acids is 2. The van der Waals surface area contributed by atoms with E-state index in [4.69, 9.17) is 0 Å². The van der Waals surface area contributed by atoms with Crippen molar-refractivity contribution in [2.45, 2.75) is 47.1 Å². The number of carbonyl (C=O) groups is 2. The Labute approximate surface area is 141 Å². The summed E-state index contributed by atoms with van der Waals surface area (Å²) in [5.74, 6) is -0.0352. The summed E-state index contributed by atoms with van der Waals surface area (Å²) in [6.45, 7) is 8.68. The molecule has 0 fully saturated rings. The van der Waals surface area contributed by atoms with E-state index in [-0.39, 0.29) is 24.5 Å². The molecule has 1 aromatic heterocycles. The van der Waals surface area contributed by atoms with Gasteiger partial charge in [0.25, 0.3) is 0 Å². The van der Waals surface area contributed by atoms with Gasteiger partial charge in [-0.2, -0.15) is 0 Å². The van der Waals surface area contributed by atoms with E-state index < -0.39 is 0 Å². The minimum atomic E-state index is -0.0778. The first-order valence-corrected chi connectivity index (χ1v) is 8.61. The lowest BCUT2D eigenvalue weighted by atomic mass is 10.00. The van der Waals surface area contributed by atoms with Gasteiger partial charge in [0, 0.05) is 24.3 Å². The lowest BCUT2D eigenvalue weighted by Crippen LogP contribution is -2.24. The fourth-order valence-electron chi connectivity index (χ4n) is 2.70. The number of rotatable bonds is 6. The van der Waals surface area contributed by atoms with E-state index in [1.165, 1.54) is 28.0 Å². The number of benzene rings is 1. The number of nitrogens with one attached hydrogen (secondary N) is 1. The third-order valence-corrected chi connectivity index (χ3v) is 4.94. The van der Waals surface area contributed by atoms with Crippen LogP contribution in [0.4, 0.5) is 0 Å². The second kappa shape index (κ2) is 7.55. The lowest BCUT2D eigenvalue weighted by molar-refractivity contribution is -0.121. The van der Waals surface area contributed by atoms with Crippen LogP contribution in [0.15, 0.2) is 24.3 Å². The predicted molar refractivity (Wildman–Crippen MR) is 95.1 cm³/mol. The first-order chi connectivity index (χ1) is 10.9. The van der Waals surface area contributed by atoms with Crippen molar-refractivity contribution in [3.63, 3.8) is 0 Å². The molecule has 0 saturated heterocycles. The molecule has 23 heavy (non-hydrogen) atoms. The Balaban J connectivity index is 1.85. The molecule has 0 aliphatic heterocycles. The van der Waals surface area contributed by atoms with Crippen molar-refractivity contribution in [1.82, 2.24) is 5.32 Å². The summed E-state index contributed by atoms with van der Waals surface area (Å²) in [5.41, 5.74) is 4.76. The average Bonchev–Trinajstić information content (AvgIpc) is 2.90. The van der Waals surface area contributed by atoms with Gasteiger partial charge >= 0.3 is 0 Å². The fraction of sp³-hybridized carbons (Fsp3) is 0.368. The van der Waals surface area contributed by atoms with E-state index >= 15 is 0 Å². The predicted octanol–water partition coefficient (Wildman–Crippen LogP) is 4.26. The van der Waals surface area contributed by atoms with Crippen molar-refractivity contribution < 1.29 is 9.59 Å². The topological polar surface area (TPSA) is 46.2 Å². The first kappa shape index (κ1) is 17.4. The van der Waals surface area contributed by atoms with Crippen LogP contribution in [0.1, 0.15) is 49.6 Å². The Kier molecular flexibility index (Phi) is 5.72. The SMILES string of the molecule is Cc1cc(C)c(CNC(=O)CCC(=O)c2ccc(C)s2)c(C)c1. The molecular weight excluding hydrogens is 306 g/mol. The maximum absolute atomic E-state index is 12.0. The van der Waals surface area contributed by atoms with Crippen molar-refractivity contribution >= 4 is 23.0 Å². The standard InChI is InChI=1S/C19H23NO2S/c1-12-9-13(2)16(14(3)10-12)11-20-19(22)8-6-17(21)18-7-5-15(4)23-18/h5,7,9-10H,6,8,11H2,1-4H3,(H,20,22). The highest BCUT2D eigenvalue weighted by molar-refractivity contribution is 7.14. The molecule has 0 bridgehead atoms. The van der Waals surface area contributed by atoms with Crippen LogP contribution < -0.4 is 5.32 Å². The van der Waals surface area contributed by atoms with Crippen LogP contribution in [0, 0.1) is 27.7 Å². The number of hydrogen-bond acceptors (Lipinski definition) is 3. The van der Waals surface area contributed by atoms with Gasteiger partial charge in [-0.1, -0.05) is 17.7 Å². The number of hydrogen-bond donors (Lipinski definition) is 1. The monoisotopic (exact) mass is 329 g/mol. The Hall–Kier alpha value is -1.94. The molecule has 3 nitrogen and oxygen atoms in total. The van der Waals surface area contributed by atoms with Gasteiger partial charge in [0.05, 0.1) is 4.88 Å². The van der Waals surface area contributed by atoms with E-state index in [9.17, 15) is 9.59 Å². The van der Waals surface area contributed by atoms with Crippen molar-refractivity contribution in [3.8, 4) is 0 Å². The quantitative estimate of drug-likeness (QED) is 0.805. The Morgan fingerprint density at radius 1 is 1.00 bits per heavy atom. The maximum Gasteiger partial charge on any atom is 0.220 e. The van der Waals surface area contributed by atoms with Crippen molar-refractivity contribution in [3.05, 3.63) is 56.3 Å². The lowest BCUT2D eigenvalue weighted by Gasteiger charge is -2.12. The Morgan fingerprint density at radius 3 is 2.22 bits per heavy atom. The molecule has 122 valence electrons. The van der Waals surface area contributed by atoms with Gasteiger partial charge in [0.15, 0.2) is 5.78 Å². The minimum absolute atomic E-state index is 0.0425. The van der Waals surface area contributed by atoms with Crippen LogP contribution in [0.5, 0.6) is 0 Å². The molecule has 1 N–H and O–H groups in total. The maximum atomic E-state index is 12.0. The smallest absolute Gasteiger partial charge is 0.220 e. The van der Waals surface area contributed by atoms with E-state index in [1.807, 2.05) is 19.1 Å². The number of ketones is 1. The third kappa shape index (κ3) is 4.76. The van der Waals surface area contributed by atoms with E-state index in [0.29, 0.717) is 6.54 Å². The molecule has 0 unspecified atom stereocenters. The molecule has 4 heteroatoms. The molecule has 0 saturated carbocycles. The van der Waals surface area contributed by atoms with Gasteiger partial charge in [0.1, 0.15) is 0 Å². The van der Waals surface area contributed by atoms with Gasteiger partial charge in [-0.3, -0.25) is 9.59 Å². The second-order valence-corrected chi connectivity index (χ2v) is 7.28. The summed E-state index contributed by atoms with van der Waals surface area (Å²) in [7, 11) is 0. The van der Waals surface area contributed by atoms with E-state index in [0.717, 1.165) is 15.3 Å². The molecule has 1 heterocycles.